The molecule has 0 aliphatic rings. The standard InChI is InChI=1S/C16H17NO/c1-10-6-11(2)8-13(7-10)16(18)15-5-4-14(17)9-12(15)3/h4-9H,17H2,1-3H3. The zero-order valence-electron chi connectivity index (χ0n) is 10.9. The van der Waals surface area contributed by atoms with Gasteiger partial charge in [0.05, 0.1) is 0 Å². The molecule has 0 unspecified atom stereocenters. The molecule has 0 saturated heterocycles. The van der Waals surface area contributed by atoms with Crippen molar-refractivity contribution in [3.05, 3.63) is 64.2 Å². The van der Waals surface area contributed by atoms with Crippen LogP contribution >= 0.6 is 0 Å². The van der Waals surface area contributed by atoms with Crippen LogP contribution in [0.15, 0.2) is 36.4 Å². The van der Waals surface area contributed by atoms with Gasteiger partial charge in [-0.15, -0.1) is 0 Å². The minimum atomic E-state index is 0.0549. The lowest BCUT2D eigenvalue weighted by molar-refractivity contribution is 0.103. The van der Waals surface area contributed by atoms with Gasteiger partial charge < -0.3 is 5.73 Å². The second-order valence-corrected chi connectivity index (χ2v) is 4.78. The van der Waals surface area contributed by atoms with Crippen molar-refractivity contribution in [3.63, 3.8) is 0 Å². The molecule has 0 radical (unpaired) electrons. The van der Waals surface area contributed by atoms with Crippen molar-refractivity contribution < 1.29 is 4.79 Å². The monoisotopic (exact) mass is 239 g/mol. The third-order valence-electron chi connectivity index (χ3n) is 2.98. The van der Waals surface area contributed by atoms with E-state index in [0.717, 1.165) is 22.3 Å². The molecule has 0 aliphatic heterocycles. The summed E-state index contributed by atoms with van der Waals surface area (Å²) in [5.41, 5.74) is 11.0. The fraction of sp³-hybridized carbons (Fsp3) is 0.188. The van der Waals surface area contributed by atoms with Crippen LogP contribution < -0.4 is 5.73 Å². The zero-order valence-corrected chi connectivity index (χ0v) is 10.9. The second kappa shape index (κ2) is 4.65. The molecule has 2 heteroatoms. The van der Waals surface area contributed by atoms with Crippen LogP contribution in [0.25, 0.3) is 0 Å². The van der Waals surface area contributed by atoms with E-state index in [1.54, 1.807) is 12.1 Å². The van der Waals surface area contributed by atoms with Gasteiger partial charge in [-0.2, -0.15) is 0 Å². The Kier molecular flexibility index (Phi) is 3.19. The van der Waals surface area contributed by atoms with Crippen LogP contribution in [0.1, 0.15) is 32.6 Å². The molecule has 92 valence electrons. The summed E-state index contributed by atoms with van der Waals surface area (Å²) in [5, 5.41) is 0. The Hall–Kier alpha value is -2.09. The van der Waals surface area contributed by atoms with E-state index < -0.39 is 0 Å². The van der Waals surface area contributed by atoms with Crippen molar-refractivity contribution in [2.75, 3.05) is 5.73 Å². The van der Waals surface area contributed by atoms with E-state index in [2.05, 4.69) is 6.07 Å². The summed E-state index contributed by atoms with van der Waals surface area (Å²) < 4.78 is 0. The first kappa shape index (κ1) is 12.4. The predicted molar refractivity (Wildman–Crippen MR) is 74.9 cm³/mol. The van der Waals surface area contributed by atoms with Crippen molar-refractivity contribution in [2.24, 2.45) is 0 Å². The second-order valence-electron chi connectivity index (χ2n) is 4.78. The quantitative estimate of drug-likeness (QED) is 0.644. The molecule has 2 aromatic carbocycles. The Bertz CT molecular complexity index is 594. The van der Waals surface area contributed by atoms with Crippen molar-refractivity contribution in [3.8, 4) is 0 Å². The van der Waals surface area contributed by atoms with E-state index in [-0.39, 0.29) is 5.78 Å². The number of anilines is 1. The maximum absolute atomic E-state index is 12.4. The summed E-state index contributed by atoms with van der Waals surface area (Å²) in [7, 11) is 0. The van der Waals surface area contributed by atoms with Crippen LogP contribution in [-0.4, -0.2) is 5.78 Å². The van der Waals surface area contributed by atoms with Gasteiger partial charge >= 0.3 is 0 Å². The molecule has 2 N–H and O–H groups in total. The summed E-state index contributed by atoms with van der Waals surface area (Å²) >= 11 is 0. The first-order valence-corrected chi connectivity index (χ1v) is 5.96. The molecule has 0 heterocycles. The van der Waals surface area contributed by atoms with Crippen LogP contribution in [0.4, 0.5) is 5.69 Å². The van der Waals surface area contributed by atoms with Gasteiger partial charge in [0.1, 0.15) is 0 Å². The molecule has 0 aliphatic carbocycles. The van der Waals surface area contributed by atoms with E-state index in [4.69, 9.17) is 5.73 Å². The fourth-order valence-electron chi connectivity index (χ4n) is 2.20. The summed E-state index contributed by atoms with van der Waals surface area (Å²) in [6.07, 6.45) is 0. The normalized spacial score (nSPS) is 10.4. The highest BCUT2D eigenvalue weighted by Gasteiger charge is 2.12. The number of hydrogen-bond acceptors (Lipinski definition) is 2. The fourth-order valence-corrected chi connectivity index (χ4v) is 2.20. The lowest BCUT2D eigenvalue weighted by atomic mass is 9.96. The largest absolute Gasteiger partial charge is 0.399 e. The summed E-state index contributed by atoms with van der Waals surface area (Å²) in [4.78, 5) is 12.4. The van der Waals surface area contributed by atoms with Gasteiger partial charge in [0.15, 0.2) is 5.78 Å². The molecule has 2 nitrogen and oxygen atoms in total. The van der Waals surface area contributed by atoms with Crippen LogP contribution in [0.3, 0.4) is 0 Å². The zero-order chi connectivity index (χ0) is 13.3. The summed E-state index contributed by atoms with van der Waals surface area (Å²) in [5.74, 6) is 0.0549. The molecule has 0 aromatic heterocycles. The first-order chi connectivity index (χ1) is 8.47. The lowest BCUT2D eigenvalue weighted by Gasteiger charge is -2.08. The average molecular weight is 239 g/mol. The van der Waals surface area contributed by atoms with E-state index in [1.807, 2.05) is 39.0 Å². The Labute approximate surface area is 107 Å². The third kappa shape index (κ3) is 2.43. The van der Waals surface area contributed by atoms with E-state index in [9.17, 15) is 4.79 Å². The number of carbonyl (C=O) groups is 1. The molecule has 0 bridgehead atoms. The number of nitrogens with two attached hydrogens (primary N) is 1. The minimum Gasteiger partial charge on any atom is -0.399 e. The average Bonchev–Trinajstić information content (AvgIpc) is 2.26. The van der Waals surface area contributed by atoms with Crippen molar-refractivity contribution in [1.82, 2.24) is 0 Å². The molecular weight excluding hydrogens is 222 g/mol. The minimum absolute atomic E-state index is 0.0549. The third-order valence-corrected chi connectivity index (χ3v) is 2.98. The van der Waals surface area contributed by atoms with Crippen LogP contribution in [0.2, 0.25) is 0 Å². The Morgan fingerprint density at radius 1 is 0.944 bits per heavy atom. The summed E-state index contributed by atoms with van der Waals surface area (Å²) in [6, 6.07) is 11.3. The maximum Gasteiger partial charge on any atom is 0.193 e. The molecular formula is C16H17NO. The van der Waals surface area contributed by atoms with E-state index in [1.165, 1.54) is 0 Å². The molecule has 0 amide bonds. The highest BCUT2D eigenvalue weighted by molar-refractivity contribution is 6.10. The molecule has 2 aromatic rings. The highest BCUT2D eigenvalue weighted by Crippen LogP contribution is 2.18. The molecule has 18 heavy (non-hydrogen) atoms. The molecule has 0 spiro atoms. The Balaban J connectivity index is 2.47. The van der Waals surface area contributed by atoms with Crippen LogP contribution in [0.5, 0.6) is 0 Å². The lowest BCUT2D eigenvalue weighted by Crippen LogP contribution is -2.05. The smallest absolute Gasteiger partial charge is 0.193 e. The van der Waals surface area contributed by atoms with Gasteiger partial charge in [-0.1, -0.05) is 17.2 Å². The number of rotatable bonds is 2. The van der Waals surface area contributed by atoms with Crippen LogP contribution in [-0.2, 0) is 0 Å². The number of ketones is 1. The van der Waals surface area contributed by atoms with Crippen molar-refractivity contribution in [2.45, 2.75) is 20.8 Å². The highest BCUT2D eigenvalue weighted by atomic mass is 16.1. The maximum atomic E-state index is 12.4. The molecule has 0 atom stereocenters. The van der Waals surface area contributed by atoms with E-state index in [0.29, 0.717) is 11.3 Å². The van der Waals surface area contributed by atoms with Crippen molar-refractivity contribution >= 4 is 11.5 Å². The van der Waals surface area contributed by atoms with Gasteiger partial charge in [0.2, 0.25) is 0 Å². The SMILES string of the molecule is Cc1cc(C)cc(C(=O)c2ccc(N)cc2C)c1. The molecule has 2 rings (SSSR count). The molecule has 0 saturated carbocycles. The van der Waals surface area contributed by atoms with Gasteiger partial charge in [-0.3, -0.25) is 4.79 Å². The number of nitrogen functional groups attached to an aromatic ring is 1. The Morgan fingerprint density at radius 3 is 2.11 bits per heavy atom. The van der Waals surface area contributed by atoms with Crippen LogP contribution in [0, 0.1) is 20.8 Å². The van der Waals surface area contributed by atoms with E-state index >= 15 is 0 Å². The number of benzene rings is 2. The van der Waals surface area contributed by atoms with Gasteiger partial charge in [0.25, 0.3) is 0 Å². The number of aryl methyl sites for hydroxylation is 3. The predicted octanol–water partition coefficient (Wildman–Crippen LogP) is 3.43. The van der Waals surface area contributed by atoms with Gasteiger partial charge in [-0.05, 0) is 56.7 Å². The van der Waals surface area contributed by atoms with Gasteiger partial charge in [0, 0.05) is 16.8 Å². The topological polar surface area (TPSA) is 43.1 Å². The first-order valence-electron chi connectivity index (χ1n) is 5.96. The summed E-state index contributed by atoms with van der Waals surface area (Å²) in [6.45, 7) is 5.91. The number of hydrogen-bond donors (Lipinski definition) is 1. The number of carbonyl (C=O) groups excluding carboxylic acids is 1. The molecule has 0 fully saturated rings. The Morgan fingerprint density at radius 2 is 1.56 bits per heavy atom. The van der Waals surface area contributed by atoms with Gasteiger partial charge in [-0.25, -0.2) is 0 Å². The van der Waals surface area contributed by atoms with Crippen molar-refractivity contribution in [1.29, 1.82) is 0 Å².